The summed E-state index contributed by atoms with van der Waals surface area (Å²) >= 11 is 0. The van der Waals surface area contributed by atoms with Crippen LogP contribution < -0.4 is 5.32 Å². The summed E-state index contributed by atoms with van der Waals surface area (Å²) in [6, 6.07) is 2.18. The largest absolute Gasteiger partial charge is 0.375 e. The first kappa shape index (κ1) is 15.5. The van der Waals surface area contributed by atoms with Crippen molar-refractivity contribution < 1.29 is 0 Å². The molecule has 1 N–H and O–H groups in total. The van der Waals surface area contributed by atoms with Crippen LogP contribution in [0.15, 0.2) is 12.4 Å². The van der Waals surface area contributed by atoms with Crippen LogP contribution >= 0.6 is 0 Å². The Morgan fingerprint density at radius 3 is 2.48 bits per heavy atom. The van der Waals surface area contributed by atoms with Crippen molar-refractivity contribution in [2.24, 2.45) is 7.05 Å². The third-order valence-electron chi connectivity index (χ3n) is 4.25. The maximum absolute atomic E-state index is 4.55. The molecule has 0 aliphatic carbocycles. The highest BCUT2D eigenvalue weighted by atomic mass is 15.3. The van der Waals surface area contributed by atoms with E-state index in [4.69, 9.17) is 0 Å². The predicted molar refractivity (Wildman–Crippen MR) is 89.6 cm³/mol. The lowest BCUT2D eigenvalue weighted by Gasteiger charge is -2.17. The second-order valence-corrected chi connectivity index (χ2v) is 6.31. The highest BCUT2D eigenvalue weighted by molar-refractivity contribution is 5.67. The minimum Gasteiger partial charge on any atom is -0.375 e. The summed E-state index contributed by atoms with van der Waals surface area (Å²) in [6.07, 6.45) is 1.64. The predicted octanol–water partition coefficient (Wildman–Crippen LogP) is 2.77. The molecule has 0 aromatic carbocycles. The highest BCUT2D eigenvalue weighted by Crippen LogP contribution is 2.27. The topological polar surface area (TPSA) is 72.9 Å². The van der Waals surface area contributed by atoms with Gasteiger partial charge in [0.15, 0.2) is 0 Å². The molecule has 0 radical (unpaired) electrons. The Morgan fingerprint density at radius 1 is 1.13 bits per heavy atom. The molecule has 1 atom stereocenters. The summed E-state index contributed by atoms with van der Waals surface area (Å²) in [5.74, 6) is 0.333. The van der Waals surface area contributed by atoms with Crippen LogP contribution in [0.4, 0.5) is 5.69 Å². The Bertz CT molecular complexity index is 844. The van der Waals surface area contributed by atoms with Crippen molar-refractivity contribution in [2.75, 3.05) is 5.32 Å². The Kier molecular flexibility index (Phi) is 3.79. The van der Waals surface area contributed by atoms with Crippen LogP contribution in [0.5, 0.6) is 0 Å². The molecular weight excluding hydrogens is 290 g/mol. The molecule has 7 heteroatoms. The number of rotatable bonds is 4. The molecule has 0 aliphatic heterocycles. The van der Waals surface area contributed by atoms with E-state index >= 15 is 0 Å². The third kappa shape index (κ3) is 2.67. The van der Waals surface area contributed by atoms with Gasteiger partial charge in [-0.15, -0.1) is 10.2 Å². The van der Waals surface area contributed by atoms with Gasteiger partial charge in [-0.2, -0.15) is 14.7 Å². The minimum absolute atomic E-state index is 0.117. The molecule has 122 valence electrons. The van der Waals surface area contributed by atoms with E-state index in [0.717, 1.165) is 28.4 Å². The summed E-state index contributed by atoms with van der Waals surface area (Å²) in [5, 5.41) is 20.8. The first-order valence-corrected chi connectivity index (χ1v) is 7.86. The molecule has 3 aromatic heterocycles. The van der Waals surface area contributed by atoms with Gasteiger partial charge in [-0.25, -0.2) is 0 Å². The number of nitrogens with zero attached hydrogens (tertiary/aromatic N) is 6. The average molecular weight is 313 g/mol. The van der Waals surface area contributed by atoms with Crippen LogP contribution in [0, 0.1) is 13.8 Å². The van der Waals surface area contributed by atoms with E-state index in [1.807, 2.05) is 18.7 Å². The number of aromatic nitrogens is 6. The van der Waals surface area contributed by atoms with Gasteiger partial charge in [0.25, 0.3) is 0 Å². The molecule has 0 bridgehead atoms. The van der Waals surface area contributed by atoms with E-state index in [0.29, 0.717) is 5.92 Å². The van der Waals surface area contributed by atoms with Gasteiger partial charge < -0.3 is 5.32 Å². The number of aryl methyl sites for hydroxylation is 2. The second-order valence-electron chi connectivity index (χ2n) is 6.31. The molecule has 3 rings (SSSR count). The first-order valence-electron chi connectivity index (χ1n) is 7.86. The summed E-state index contributed by atoms with van der Waals surface area (Å²) in [6.45, 7) is 10.5. The van der Waals surface area contributed by atoms with Crippen molar-refractivity contribution in [1.82, 2.24) is 29.6 Å². The first-order chi connectivity index (χ1) is 10.9. The third-order valence-corrected chi connectivity index (χ3v) is 4.25. The number of anilines is 1. The SMILES string of the molecule is Cc1nn(C)c(C)c1C(C)Nc1cc(C(C)C)nn2cnnc12. The van der Waals surface area contributed by atoms with Crippen molar-refractivity contribution >= 4 is 11.3 Å². The molecule has 3 heterocycles. The fourth-order valence-corrected chi connectivity index (χ4v) is 2.96. The number of fused-ring (bicyclic) bond motifs is 1. The van der Waals surface area contributed by atoms with E-state index in [1.165, 1.54) is 5.56 Å². The summed E-state index contributed by atoms with van der Waals surface area (Å²) in [4.78, 5) is 0. The molecule has 0 spiro atoms. The van der Waals surface area contributed by atoms with E-state index in [-0.39, 0.29) is 6.04 Å². The molecule has 0 aliphatic rings. The molecule has 0 saturated heterocycles. The fraction of sp³-hybridized carbons (Fsp3) is 0.500. The van der Waals surface area contributed by atoms with Crippen molar-refractivity contribution in [3.8, 4) is 0 Å². The summed E-state index contributed by atoms with van der Waals surface area (Å²) < 4.78 is 3.65. The van der Waals surface area contributed by atoms with Crippen molar-refractivity contribution in [3.05, 3.63) is 35.0 Å². The molecule has 7 nitrogen and oxygen atoms in total. The molecule has 0 amide bonds. The standard InChI is InChI=1S/C16H23N7/c1-9(2)13-7-14(16-19-17-8-23(16)21-13)18-10(3)15-11(4)20-22(6)12(15)5/h7-10,18H,1-6H3. The van der Waals surface area contributed by atoms with Gasteiger partial charge in [0.1, 0.15) is 6.33 Å². The van der Waals surface area contributed by atoms with Crippen molar-refractivity contribution in [2.45, 2.75) is 46.6 Å². The lowest BCUT2D eigenvalue weighted by molar-refractivity contribution is 0.728. The van der Waals surface area contributed by atoms with E-state index in [2.05, 4.69) is 59.5 Å². The van der Waals surface area contributed by atoms with Gasteiger partial charge in [-0.3, -0.25) is 4.68 Å². The maximum Gasteiger partial charge on any atom is 0.200 e. The Hall–Kier alpha value is -2.44. The summed E-state index contributed by atoms with van der Waals surface area (Å²) in [7, 11) is 1.97. The van der Waals surface area contributed by atoms with Crippen molar-refractivity contribution in [1.29, 1.82) is 0 Å². The Balaban J connectivity index is 2.02. The zero-order valence-corrected chi connectivity index (χ0v) is 14.5. The lowest BCUT2D eigenvalue weighted by Crippen LogP contribution is -2.12. The van der Waals surface area contributed by atoms with Crippen LogP contribution in [0.3, 0.4) is 0 Å². The van der Waals surface area contributed by atoms with Gasteiger partial charge in [-0.1, -0.05) is 13.8 Å². The van der Waals surface area contributed by atoms with Crippen LogP contribution in [0.25, 0.3) is 5.65 Å². The van der Waals surface area contributed by atoms with Crippen LogP contribution in [-0.4, -0.2) is 29.6 Å². The maximum atomic E-state index is 4.55. The number of nitrogens with one attached hydrogen (secondary N) is 1. The monoisotopic (exact) mass is 313 g/mol. The van der Waals surface area contributed by atoms with Gasteiger partial charge in [0.05, 0.1) is 23.1 Å². The Morgan fingerprint density at radius 2 is 1.87 bits per heavy atom. The molecule has 23 heavy (non-hydrogen) atoms. The number of hydrogen-bond donors (Lipinski definition) is 1. The highest BCUT2D eigenvalue weighted by Gasteiger charge is 2.18. The van der Waals surface area contributed by atoms with Gasteiger partial charge in [0, 0.05) is 18.3 Å². The fourth-order valence-electron chi connectivity index (χ4n) is 2.96. The van der Waals surface area contributed by atoms with Gasteiger partial charge in [-0.05, 0) is 32.8 Å². The molecule has 1 unspecified atom stereocenters. The molecule has 0 saturated carbocycles. The quantitative estimate of drug-likeness (QED) is 0.802. The molecule has 0 fully saturated rings. The van der Waals surface area contributed by atoms with Crippen LogP contribution in [-0.2, 0) is 7.05 Å². The normalized spacial score (nSPS) is 13.0. The zero-order valence-electron chi connectivity index (χ0n) is 14.5. The van der Waals surface area contributed by atoms with E-state index in [9.17, 15) is 0 Å². The Labute approximate surface area is 135 Å². The molecular formula is C16H23N7. The average Bonchev–Trinajstić information content (AvgIpc) is 3.04. The lowest BCUT2D eigenvalue weighted by atomic mass is 10.1. The van der Waals surface area contributed by atoms with Gasteiger partial charge in [0.2, 0.25) is 5.65 Å². The van der Waals surface area contributed by atoms with E-state index < -0.39 is 0 Å². The van der Waals surface area contributed by atoms with Gasteiger partial charge >= 0.3 is 0 Å². The smallest absolute Gasteiger partial charge is 0.200 e. The minimum atomic E-state index is 0.117. The number of hydrogen-bond acceptors (Lipinski definition) is 5. The zero-order chi connectivity index (χ0) is 16.7. The van der Waals surface area contributed by atoms with Crippen LogP contribution in [0.1, 0.15) is 55.4 Å². The van der Waals surface area contributed by atoms with E-state index in [1.54, 1.807) is 10.8 Å². The van der Waals surface area contributed by atoms with Crippen molar-refractivity contribution in [3.63, 3.8) is 0 Å². The second kappa shape index (κ2) is 5.64. The summed E-state index contributed by atoms with van der Waals surface area (Å²) in [5.41, 5.74) is 6.11. The van der Waals surface area contributed by atoms with Crippen LogP contribution in [0.2, 0.25) is 0 Å². The molecule has 3 aromatic rings.